The lowest BCUT2D eigenvalue weighted by atomic mass is 10.1. The van der Waals surface area contributed by atoms with Gasteiger partial charge in [0.25, 0.3) is 5.91 Å². The Hall–Kier alpha value is -1.99. The zero-order valence-corrected chi connectivity index (χ0v) is 10.2. The van der Waals surface area contributed by atoms with Gasteiger partial charge < -0.3 is 11.1 Å². The monoisotopic (exact) mass is 269 g/mol. The Kier molecular flexibility index (Phi) is 5.91. The minimum Gasteiger partial charge on any atom is -0.352 e. The molecule has 0 spiro atoms. The number of carbonyl (C=O) groups excluding carboxylic acids is 2. The molecule has 5 N–H and O–H groups in total. The van der Waals surface area contributed by atoms with Crippen LogP contribution < -0.4 is 16.5 Å². The fraction of sp³-hybridized carbons (Fsp3) is 0.333. The molecule has 1 rings (SSSR count). The molecule has 0 radical (unpaired) electrons. The van der Waals surface area contributed by atoms with Gasteiger partial charge in [-0.1, -0.05) is 12.1 Å². The van der Waals surface area contributed by atoms with Gasteiger partial charge in [-0.2, -0.15) is 0 Å². The van der Waals surface area contributed by atoms with Crippen LogP contribution in [0.15, 0.2) is 24.3 Å². The first-order valence-electron chi connectivity index (χ1n) is 5.73. The smallest absolute Gasteiger partial charge is 0.260 e. The molecule has 0 aromatic heterocycles. The molecule has 6 nitrogen and oxygen atoms in total. The van der Waals surface area contributed by atoms with Crippen LogP contribution in [0.5, 0.6) is 0 Å². The number of nitrogens with two attached hydrogens (primary N) is 1. The third-order valence-electron chi connectivity index (χ3n) is 2.53. The molecule has 104 valence electrons. The Morgan fingerprint density at radius 3 is 2.53 bits per heavy atom. The summed E-state index contributed by atoms with van der Waals surface area (Å²) in [6.07, 6.45) is 0.192. The Labute approximate surface area is 109 Å². The van der Waals surface area contributed by atoms with Gasteiger partial charge in [0.15, 0.2) is 0 Å². The molecule has 1 atom stereocenters. The van der Waals surface area contributed by atoms with Gasteiger partial charge in [0.1, 0.15) is 5.82 Å². The van der Waals surface area contributed by atoms with Crippen molar-refractivity contribution in [1.29, 1.82) is 0 Å². The number of hydroxylamine groups is 1. The van der Waals surface area contributed by atoms with E-state index >= 15 is 0 Å². The van der Waals surface area contributed by atoms with Crippen molar-refractivity contribution < 1.29 is 19.2 Å². The number of carbonyl (C=O) groups is 2. The number of rotatable bonds is 6. The molecule has 0 fully saturated rings. The number of hydrogen-bond acceptors (Lipinski definition) is 4. The standard InChI is InChI=1S/C12H16FN3O3/c13-9-3-1-8(2-4-9)7-15-11(17)6-5-10(14)12(18)16-19/h1-4,10,19H,5-7,14H2,(H,15,17)(H,16,18)/t10-/m0/s1. The van der Waals surface area contributed by atoms with E-state index in [-0.39, 0.29) is 31.1 Å². The number of halogens is 1. The Morgan fingerprint density at radius 2 is 1.95 bits per heavy atom. The van der Waals surface area contributed by atoms with Crippen LogP contribution in [-0.2, 0) is 16.1 Å². The zero-order chi connectivity index (χ0) is 14.3. The minimum atomic E-state index is -0.929. The van der Waals surface area contributed by atoms with Gasteiger partial charge in [0.2, 0.25) is 5.91 Å². The van der Waals surface area contributed by atoms with Crippen LogP contribution in [0.3, 0.4) is 0 Å². The van der Waals surface area contributed by atoms with Gasteiger partial charge in [-0.3, -0.25) is 14.8 Å². The first kappa shape index (κ1) is 15.1. The highest BCUT2D eigenvalue weighted by atomic mass is 19.1. The van der Waals surface area contributed by atoms with Crippen molar-refractivity contribution in [2.45, 2.75) is 25.4 Å². The average molecular weight is 269 g/mol. The molecule has 0 heterocycles. The molecule has 0 aliphatic heterocycles. The lowest BCUT2D eigenvalue weighted by molar-refractivity contribution is -0.130. The second-order valence-electron chi connectivity index (χ2n) is 4.02. The molecule has 19 heavy (non-hydrogen) atoms. The summed E-state index contributed by atoms with van der Waals surface area (Å²) < 4.78 is 12.6. The van der Waals surface area contributed by atoms with Crippen molar-refractivity contribution in [3.63, 3.8) is 0 Å². The van der Waals surface area contributed by atoms with Crippen LogP contribution in [-0.4, -0.2) is 23.1 Å². The largest absolute Gasteiger partial charge is 0.352 e. The number of nitrogens with one attached hydrogen (secondary N) is 2. The summed E-state index contributed by atoms with van der Waals surface area (Å²) in [6, 6.07) is 4.83. The molecular weight excluding hydrogens is 253 g/mol. The van der Waals surface area contributed by atoms with E-state index in [0.717, 1.165) is 5.56 Å². The Morgan fingerprint density at radius 1 is 1.32 bits per heavy atom. The van der Waals surface area contributed by atoms with E-state index in [1.54, 1.807) is 12.1 Å². The molecule has 0 bridgehead atoms. The normalized spacial score (nSPS) is 11.7. The molecule has 1 aromatic rings. The van der Waals surface area contributed by atoms with E-state index in [4.69, 9.17) is 10.9 Å². The van der Waals surface area contributed by atoms with Crippen LogP contribution in [0, 0.1) is 5.82 Å². The Balaban J connectivity index is 2.28. The highest BCUT2D eigenvalue weighted by Gasteiger charge is 2.13. The van der Waals surface area contributed by atoms with E-state index in [0.29, 0.717) is 0 Å². The molecule has 0 saturated heterocycles. The van der Waals surface area contributed by atoms with Crippen molar-refractivity contribution in [3.8, 4) is 0 Å². The molecule has 7 heteroatoms. The maximum Gasteiger partial charge on any atom is 0.260 e. The van der Waals surface area contributed by atoms with Gasteiger partial charge in [0, 0.05) is 13.0 Å². The predicted octanol–water partition coefficient (Wildman–Crippen LogP) is 0.0548. The summed E-state index contributed by atoms with van der Waals surface area (Å²) in [5.41, 5.74) is 7.60. The summed E-state index contributed by atoms with van der Waals surface area (Å²) in [7, 11) is 0. The summed E-state index contributed by atoms with van der Waals surface area (Å²) in [4.78, 5) is 22.3. The maximum absolute atomic E-state index is 12.6. The summed E-state index contributed by atoms with van der Waals surface area (Å²) >= 11 is 0. The molecule has 0 aliphatic carbocycles. The highest BCUT2D eigenvalue weighted by molar-refractivity contribution is 5.82. The van der Waals surface area contributed by atoms with E-state index < -0.39 is 11.9 Å². The maximum atomic E-state index is 12.6. The fourth-order valence-corrected chi connectivity index (χ4v) is 1.39. The number of hydrogen-bond donors (Lipinski definition) is 4. The van der Waals surface area contributed by atoms with Crippen molar-refractivity contribution >= 4 is 11.8 Å². The van der Waals surface area contributed by atoms with Crippen LogP contribution in [0.1, 0.15) is 18.4 Å². The summed E-state index contributed by atoms with van der Waals surface area (Å²) in [5, 5.41) is 11.0. The summed E-state index contributed by atoms with van der Waals surface area (Å²) in [5.74, 6) is -1.34. The molecule has 2 amide bonds. The van der Waals surface area contributed by atoms with Crippen LogP contribution in [0.4, 0.5) is 4.39 Å². The summed E-state index contributed by atoms with van der Waals surface area (Å²) in [6.45, 7) is 0.278. The lowest BCUT2D eigenvalue weighted by Gasteiger charge is -2.09. The van der Waals surface area contributed by atoms with Gasteiger partial charge in [-0.15, -0.1) is 0 Å². The van der Waals surface area contributed by atoms with Crippen molar-refractivity contribution in [2.75, 3.05) is 0 Å². The first-order chi connectivity index (χ1) is 9.02. The number of amides is 2. The second kappa shape index (κ2) is 7.45. The molecule has 0 saturated carbocycles. The highest BCUT2D eigenvalue weighted by Crippen LogP contribution is 2.02. The van der Waals surface area contributed by atoms with E-state index in [2.05, 4.69) is 5.32 Å². The zero-order valence-electron chi connectivity index (χ0n) is 10.2. The van der Waals surface area contributed by atoms with Crippen molar-refractivity contribution in [3.05, 3.63) is 35.6 Å². The van der Waals surface area contributed by atoms with Gasteiger partial charge in [-0.25, -0.2) is 9.87 Å². The predicted molar refractivity (Wildman–Crippen MR) is 65.4 cm³/mol. The molecule has 0 unspecified atom stereocenters. The van der Waals surface area contributed by atoms with Gasteiger partial charge in [0.05, 0.1) is 6.04 Å². The molecular formula is C12H16FN3O3. The van der Waals surface area contributed by atoms with Crippen LogP contribution in [0.25, 0.3) is 0 Å². The first-order valence-corrected chi connectivity index (χ1v) is 5.73. The molecule has 0 aliphatic rings. The van der Waals surface area contributed by atoms with Crippen LogP contribution >= 0.6 is 0 Å². The van der Waals surface area contributed by atoms with Gasteiger partial charge >= 0.3 is 0 Å². The van der Waals surface area contributed by atoms with Crippen molar-refractivity contribution in [2.24, 2.45) is 5.73 Å². The average Bonchev–Trinajstić information content (AvgIpc) is 2.43. The SMILES string of the molecule is N[C@@H](CCC(=O)NCc1ccc(F)cc1)C(=O)NO. The molecule has 1 aromatic carbocycles. The van der Waals surface area contributed by atoms with E-state index in [9.17, 15) is 14.0 Å². The fourth-order valence-electron chi connectivity index (χ4n) is 1.39. The third kappa shape index (κ3) is 5.45. The van der Waals surface area contributed by atoms with Gasteiger partial charge in [-0.05, 0) is 24.1 Å². The Bertz CT molecular complexity index is 436. The third-order valence-corrected chi connectivity index (χ3v) is 2.53. The topological polar surface area (TPSA) is 104 Å². The van der Waals surface area contributed by atoms with Crippen molar-refractivity contribution in [1.82, 2.24) is 10.8 Å². The second-order valence-corrected chi connectivity index (χ2v) is 4.02. The van der Waals surface area contributed by atoms with E-state index in [1.165, 1.54) is 17.6 Å². The van der Waals surface area contributed by atoms with Crippen LogP contribution in [0.2, 0.25) is 0 Å². The minimum absolute atomic E-state index is 0.0653. The number of benzene rings is 1. The quantitative estimate of drug-likeness (QED) is 0.433. The van der Waals surface area contributed by atoms with E-state index in [1.807, 2.05) is 0 Å². The lowest BCUT2D eigenvalue weighted by Crippen LogP contribution is -2.39.